The highest BCUT2D eigenvalue weighted by Gasteiger charge is 2.11. The third kappa shape index (κ3) is 6.17. The van der Waals surface area contributed by atoms with E-state index in [1.165, 1.54) is 0 Å². The van der Waals surface area contributed by atoms with E-state index in [1.54, 1.807) is 13.3 Å². The summed E-state index contributed by atoms with van der Waals surface area (Å²) in [6.45, 7) is -0.106. The molecular weight excluding hydrogens is 500 g/mol. The Kier molecular flexibility index (Phi) is 7.43. The van der Waals surface area contributed by atoms with Crippen LogP contribution in [0.3, 0.4) is 0 Å². The number of amides is 1. The number of aliphatic imine (C=N–C) groups is 1. The number of hydrogen-bond donors (Lipinski definition) is 1. The van der Waals surface area contributed by atoms with Gasteiger partial charge in [0.15, 0.2) is 6.61 Å². The predicted molar refractivity (Wildman–Crippen MR) is 123 cm³/mol. The number of benzene rings is 3. The summed E-state index contributed by atoms with van der Waals surface area (Å²) in [5, 5.41) is 2.78. The molecule has 1 N–H and O–H groups in total. The minimum absolute atomic E-state index is 0.106. The molecule has 0 unspecified atom stereocenters. The maximum Gasteiger partial charge on any atom is 0.262 e. The lowest BCUT2D eigenvalue weighted by Crippen LogP contribution is -2.20. The molecule has 0 bridgehead atoms. The van der Waals surface area contributed by atoms with Gasteiger partial charge >= 0.3 is 0 Å². The van der Waals surface area contributed by atoms with Crippen molar-refractivity contribution in [3.63, 3.8) is 0 Å². The SMILES string of the molecule is COc1ccc(N=Cc2cc(Br)c(OCC(=O)Nc3ccccc3)c(Br)c2)cc1. The molecule has 0 saturated carbocycles. The Balaban J connectivity index is 1.63. The zero-order valence-corrected chi connectivity index (χ0v) is 18.7. The average Bonchev–Trinajstić information content (AvgIpc) is 2.72. The minimum Gasteiger partial charge on any atom is -0.497 e. The molecule has 148 valence electrons. The smallest absolute Gasteiger partial charge is 0.262 e. The first-order valence-electron chi connectivity index (χ1n) is 8.70. The van der Waals surface area contributed by atoms with Crippen LogP contribution in [0.5, 0.6) is 11.5 Å². The van der Waals surface area contributed by atoms with Crippen molar-refractivity contribution < 1.29 is 14.3 Å². The Hall–Kier alpha value is -2.64. The van der Waals surface area contributed by atoms with Crippen molar-refractivity contribution >= 4 is 55.4 Å². The van der Waals surface area contributed by atoms with Crippen LogP contribution in [-0.4, -0.2) is 25.8 Å². The van der Waals surface area contributed by atoms with Gasteiger partial charge in [0.05, 0.1) is 21.7 Å². The first-order chi connectivity index (χ1) is 14.0. The number of carbonyl (C=O) groups excluding carboxylic acids is 1. The predicted octanol–water partition coefficient (Wildman–Crippen LogP) is 5.99. The van der Waals surface area contributed by atoms with Gasteiger partial charge in [0, 0.05) is 11.9 Å². The standard InChI is InChI=1S/C22H18Br2N2O3/c1-28-18-9-7-16(8-10-18)25-13-15-11-19(23)22(20(24)12-15)29-14-21(27)26-17-5-3-2-4-6-17/h2-13H,14H2,1H3,(H,26,27). The molecule has 0 aliphatic rings. The summed E-state index contributed by atoms with van der Waals surface area (Å²) in [5.41, 5.74) is 2.42. The molecule has 7 heteroatoms. The van der Waals surface area contributed by atoms with E-state index in [4.69, 9.17) is 9.47 Å². The summed E-state index contributed by atoms with van der Waals surface area (Å²) in [5.74, 6) is 1.10. The molecule has 0 radical (unpaired) electrons. The summed E-state index contributed by atoms with van der Waals surface area (Å²) in [6, 6.07) is 20.5. The van der Waals surface area contributed by atoms with Gasteiger partial charge in [0.2, 0.25) is 0 Å². The Labute approximate surface area is 186 Å². The van der Waals surface area contributed by atoms with E-state index in [9.17, 15) is 4.79 Å². The number of ether oxygens (including phenoxy) is 2. The van der Waals surface area contributed by atoms with Gasteiger partial charge in [-0.2, -0.15) is 0 Å². The largest absolute Gasteiger partial charge is 0.497 e. The molecule has 29 heavy (non-hydrogen) atoms. The van der Waals surface area contributed by atoms with Crippen LogP contribution < -0.4 is 14.8 Å². The summed E-state index contributed by atoms with van der Waals surface area (Å²) >= 11 is 6.99. The second-order valence-electron chi connectivity index (χ2n) is 5.97. The lowest BCUT2D eigenvalue weighted by Gasteiger charge is -2.11. The van der Waals surface area contributed by atoms with Crippen molar-refractivity contribution in [3.8, 4) is 11.5 Å². The second kappa shape index (κ2) is 10.2. The van der Waals surface area contributed by atoms with E-state index in [1.807, 2.05) is 66.7 Å². The first-order valence-corrected chi connectivity index (χ1v) is 10.3. The summed E-state index contributed by atoms with van der Waals surface area (Å²) in [6.07, 6.45) is 1.75. The third-order valence-electron chi connectivity index (χ3n) is 3.86. The molecule has 0 saturated heterocycles. The molecule has 0 aliphatic heterocycles. The van der Waals surface area contributed by atoms with E-state index in [0.29, 0.717) is 5.75 Å². The number of anilines is 1. The molecule has 0 atom stereocenters. The quantitative estimate of drug-likeness (QED) is 0.391. The van der Waals surface area contributed by atoms with Crippen molar-refractivity contribution in [1.82, 2.24) is 0 Å². The number of carbonyl (C=O) groups is 1. The van der Waals surface area contributed by atoms with Crippen LogP contribution in [0.1, 0.15) is 5.56 Å². The second-order valence-corrected chi connectivity index (χ2v) is 7.68. The highest BCUT2D eigenvalue weighted by atomic mass is 79.9. The third-order valence-corrected chi connectivity index (χ3v) is 5.04. The van der Waals surface area contributed by atoms with Crippen LogP contribution >= 0.6 is 31.9 Å². The van der Waals surface area contributed by atoms with Crippen molar-refractivity contribution in [1.29, 1.82) is 0 Å². The van der Waals surface area contributed by atoms with Gasteiger partial charge < -0.3 is 14.8 Å². The number of methoxy groups -OCH3 is 1. The van der Waals surface area contributed by atoms with Crippen molar-refractivity contribution in [3.05, 3.63) is 81.2 Å². The number of halogens is 2. The Morgan fingerprint density at radius 2 is 1.69 bits per heavy atom. The topological polar surface area (TPSA) is 59.9 Å². The van der Waals surface area contributed by atoms with Gasteiger partial charge in [-0.15, -0.1) is 0 Å². The van der Waals surface area contributed by atoms with Gasteiger partial charge in [0.1, 0.15) is 11.5 Å². The van der Waals surface area contributed by atoms with Crippen molar-refractivity contribution in [2.24, 2.45) is 4.99 Å². The van der Waals surface area contributed by atoms with Crippen molar-refractivity contribution in [2.75, 3.05) is 19.0 Å². The Morgan fingerprint density at radius 1 is 1.03 bits per heavy atom. The lowest BCUT2D eigenvalue weighted by molar-refractivity contribution is -0.118. The van der Waals surface area contributed by atoms with E-state index in [2.05, 4.69) is 42.2 Å². The molecule has 3 aromatic rings. The summed E-state index contributed by atoms with van der Waals surface area (Å²) < 4.78 is 12.3. The number of para-hydroxylation sites is 1. The Bertz CT molecular complexity index is 983. The normalized spacial score (nSPS) is 10.7. The molecule has 5 nitrogen and oxygen atoms in total. The van der Waals surface area contributed by atoms with Crippen molar-refractivity contribution in [2.45, 2.75) is 0 Å². The number of nitrogens with zero attached hydrogens (tertiary/aromatic N) is 1. The van der Waals surface area contributed by atoms with Crippen LogP contribution in [0.2, 0.25) is 0 Å². The zero-order chi connectivity index (χ0) is 20.6. The minimum atomic E-state index is -0.236. The van der Waals surface area contributed by atoms with E-state index < -0.39 is 0 Å². The number of nitrogens with one attached hydrogen (secondary N) is 1. The molecule has 0 fully saturated rings. The van der Waals surface area contributed by atoms with Gasteiger partial charge in [-0.05, 0) is 86.0 Å². The molecule has 3 rings (SSSR count). The van der Waals surface area contributed by atoms with Gasteiger partial charge in [-0.25, -0.2) is 0 Å². The molecule has 3 aromatic carbocycles. The highest BCUT2D eigenvalue weighted by Crippen LogP contribution is 2.34. The van der Waals surface area contributed by atoms with Crippen LogP contribution in [0.25, 0.3) is 0 Å². The highest BCUT2D eigenvalue weighted by molar-refractivity contribution is 9.11. The van der Waals surface area contributed by atoms with Gasteiger partial charge in [0.25, 0.3) is 5.91 Å². The molecule has 1 amide bonds. The molecule has 0 heterocycles. The maximum absolute atomic E-state index is 12.1. The fraction of sp³-hybridized carbons (Fsp3) is 0.0909. The van der Waals surface area contributed by atoms with E-state index >= 15 is 0 Å². The van der Waals surface area contributed by atoms with Crippen LogP contribution in [0, 0.1) is 0 Å². The van der Waals surface area contributed by atoms with Gasteiger partial charge in [-0.1, -0.05) is 18.2 Å². The molecule has 0 aromatic heterocycles. The monoisotopic (exact) mass is 516 g/mol. The average molecular weight is 518 g/mol. The molecule has 0 aliphatic carbocycles. The number of hydrogen-bond acceptors (Lipinski definition) is 4. The van der Waals surface area contributed by atoms with Gasteiger partial charge in [-0.3, -0.25) is 9.79 Å². The molecular formula is C22H18Br2N2O3. The Morgan fingerprint density at radius 3 is 2.31 bits per heavy atom. The maximum atomic E-state index is 12.1. The van der Waals surface area contributed by atoms with E-state index in [0.717, 1.165) is 31.6 Å². The first kappa shape index (κ1) is 21.1. The molecule has 0 spiro atoms. The van der Waals surface area contributed by atoms with Crippen LogP contribution in [0.15, 0.2) is 80.7 Å². The van der Waals surface area contributed by atoms with Crippen LogP contribution in [0.4, 0.5) is 11.4 Å². The zero-order valence-electron chi connectivity index (χ0n) is 15.6. The van der Waals surface area contributed by atoms with E-state index in [-0.39, 0.29) is 12.5 Å². The fourth-order valence-corrected chi connectivity index (χ4v) is 3.92. The van der Waals surface area contributed by atoms with Crippen LogP contribution in [-0.2, 0) is 4.79 Å². The summed E-state index contributed by atoms with van der Waals surface area (Å²) in [7, 11) is 1.63. The summed E-state index contributed by atoms with van der Waals surface area (Å²) in [4.78, 5) is 16.5. The number of rotatable bonds is 7. The fourth-order valence-electron chi connectivity index (χ4n) is 2.47. The lowest BCUT2D eigenvalue weighted by atomic mass is 10.2.